The van der Waals surface area contributed by atoms with Crippen molar-refractivity contribution < 1.29 is 4.79 Å². The first kappa shape index (κ1) is 18.2. The Kier molecular flexibility index (Phi) is 6.15. The van der Waals surface area contributed by atoms with E-state index >= 15 is 0 Å². The van der Waals surface area contributed by atoms with Crippen LogP contribution in [-0.4, -0.2) is 36.4 Å². The molecule has 1 amide bonds. The first-order valence-electron chi connectivity index (χ1n) is 8.16. The quantitative estimate of drug-likeness (QED) is 0.798. The van der Waals surface area contributed by atoms with Gasteiger partial charge in [0.2, 0.25) is 0 Å². The molecule has 1 atom stereocenters. The van der Waals surface area contributed by atoms with Crippen LogP contribution in [0.2, 0.25) is 0 Å². The molecule has 4 nitrogen and oxygen atoms in total. The van der Waals surface area contributed by atoms with Gasteiger partial charge in [0, 0.05) is 42.8 Å². The van der Waals surface area contributed by atoms with E-state index in [0.717, 1.165) is 39.7 Å². The maximum Gasteiger partial charge on any atom is 0.263 e. The van der Waals surface area contributed by atoms with Crippen LogP contribution < -0.4 is 5.32 Å². The van der Waals surface area contributed by atoms with E-state index in [2.05, 4.69) is 30.7 Å². The summed E-state index contributed by atoms with van der Waals surface area (Å²) >= 11 is 1.51. The van der Waals surface area contributed by atoms with Crippen molar-refractivity contribution in [2.24, 2.45) is 5.92 Å². The van der Waals surface area contributed by atoms with Crippen LogP contribution in [0, 0.1) is 5.92 Å². The van der Waals surface area contributed by atoms with Gasteiger partial charge in [-0.25, -0.2) is 4.98 Å². The summed E-state index contributed by atoms with van der Waals surface area (Å²) in [6, 6.07) is 5.86. The number of anilines is 1. The Morgan fingerprint density at radius 1 is 1.46 bits per heavy atom. The van der Waals surface area contributed by atoms with Crippen molar-refractivity contribution in [1.29, 1.82) is 0 Å². The van der Waals surface area contributed by atoms with Gasteiger partial charge in [0.1, 0.15) is 5.82 Å². The lowest BCUT2D eigenvalue weighted by molar-refractivity contribution is 0.0779. The van der Waals surface area contributed by atoms with E-state index in [9.17, 15) is 4.79 Å². The van der Waals surface area contributed by atoms with E-state index in [0.29, 0.717) is 5.92 Å². The molecule has 0 bridgehead atoms. The van der Waals surface area contributed by atoms with Crippen molar-refractivity contribution in [2.75, 3.05) is 26.0 Å². The van der Waals surface area contributed by atoms with Crippen LogP contribution >= 0.6 is 11.3 Å². The van der Waals surface area contributed by atoms with Crippen molar-refractivity contribution in [3.63, 3.8) is 0 Å². The Morgan fingerprint density at radius 3 is 2.83 bits per heavy atom. The van der Waals surface area contributed by atoms with Crippen LogP contribution in [-0.2, 0) is 0 Å². The Bertz CT molecular complexity index is 723. The highest BCUT2D eigenvalue weighted by atomic mass is 32.1. The molecule has 0 aliphatic heterocycles. The van der Waals surface area contributed by atoms with Crippen molar-refractivity contribution in [2.45, 2.75) is 20.3 Å². The SMILES string of the molecule is C=Cc1c(-c2ccc(C(=O)N(C)CC(C)CC)s2)ccnc1NC. The number of rotatable bonds is 7. The zero-order valence-electron chi connectivity index (χ0n) is 14.8. The summed E-state index contributed by atoms with van der Waals surface area (Å²) in [6.45, 7) is 8.97. The maximum atomic E-state index is 12.6. The molecule has 0 aliphatic carbocycles. The first-order valence-corrected chi connectivity index (χ1v) is 8.98. The maximum absolute atomic E-state index is 12.6. The number of amides is 1. The number of nitrogens with one attached hydrogen (secondary N) is 1. The Hall–Kier alpha value is -2.14. The molecule has 2 rings (SSSR count). The second-order valence-corrected chi connectivity index (χ2v) is 7.02. The van der Waals surface area contributed by atoms with Gasteiger partial charge < -0.3 is 10.2 Å². The number of aromatic nitrogens is 1. The summed E-state index contributed by atoms with van der Waals surface area (Å²) in [5.74, 6) is 1.37. The van der Waals surface area contributed by atoms with E-state index in [4.69, 9.17) is 0 Å². The predicted octanol–water partition coefficient (Wildman–Crippen LogP) is 4.61. The van der Waals surface area contributed by atoms with Gasteiger partial charge >= 0.3 is 0 Å². The van der Waals surface area contributed by atoms with E-state index in [1.165, 1.54) is 11.3 Å². The molecule has 0 radical (unpaired) electrons. The average Bonchev–Trinajstić information content (AvgIpc) is 3.09. The lowest BCUT2D eigenvalue weighted by Crippen LogP contribution is -2.30. The van der Waals surface area contributed by atoms with Gasteiger partial charge in [-0.2, -0.15) is 0 Å². The van der Waals surface area contributed by atoms with E-state index in [1.54, 1.807) is 12.3 Å². The van der Waals surface area contributed by atoms with Gasteiger partial charge in [0.05, 0.1) is 4.88 Å². The molecule has 1 unspecified atom stereocenters. The third-order valence-corrected chi connectivity index (χ3v) is 5.25. The highest BCUT2D eigenvalue weighted by molar-refractivity contribution is 7.17. The third kappa shape index (κ3) is 3.85. The van der Waals surface area contributed by atoms with Gasteiger partial charge in [-0.1, -0.05) is 32.9 Å². The number of pyridine rings is 1. The molecule has 128 valence electrons. The van der Waals surface area contributed by atoms with Crippen LogP contribution in [0.25, 0.3) is 16.5 Å². The highest BCUT2D eigenvalue weighted by Crippen LogP contribution is 2.34. The van der Waals surface area contributed by atoms with Crippen LogP contribution in [0.3, 0.4) is 0 Å². The molecule has 0 saturated carbocycles. The largest absolute Gasteiger partial charge is 0.373 e. The minimum Gasteiger partial charge on any atom is -0.373 e. The van der Waals surface area contributed by atoms with Crippen LogP contribution in [0.5, 0.6) is 0 Å². The molecule has 0 spiro atoms. The highest BCUT2D eigenvalue weighted by Gasteiger charge is 2.17. The molecule has 1 N–H and O–H groups in total. The van der Waals surface area contributed by atoms with Gasteiger partial charge in [0.15, 0.2) is 0 Å². The average molecular weight is 343 g/mol. The fourth-order valence-corrected chi connectivity index (χ4v) is 3.60. The predicted molar refractivity (Wildman–Crippen MR) is 104 cm³/mol. The molecule has 2 aromatic rings. The number of hydrogen-bond acceptors (Lipinski definition) is 4. The van der Waals surface area contributed by atoms with Crippen molar-refractivity contribution in [3.8, 4) is 10.4 Å². The van der Waals surface area contributed by atoms with Crippen molar-refractivity contribution >= 4 is 29.1 Å². The summed E-state index contributed by atoms with van der Waals surface area (Å²) in [6.07, 6.45) is 4.63. The molecular formula is C19H25N3OS. The molecule has 0 fully saturated rings. The first-order chi connectivity index (χ1) is 11.5. The van der Waals surface area contributed by atoms with E-state index < -0.39 is 0 Å². The molecule has 0 aliphatic rings. The van der Waals surface area contributed by atoms with Gasteiger partial charge in [0.25, 0.3) is 5.91 Å². The molecule has 0 aromatic carbocycles. The summed E-state index contributed by atoms with van der Waals surface area (Å²) in [7, 11) is 3.71. The van der Waals surface area contributed by atoms with Crippen molar-refractivity contribution in [1.82, 2.24) is 9.88 Å². The lowest BCUT2D eigenvalue weighted by Gasteiger charge is -2.20. The van der Waals surface area contributed by atoms with Crippen LogP contribution in [0.1, 0.15) is 35.5 Å². The number of carbonyl (C=O) groups excluding carboxylic acids is 1. The third-order valence-electron chi connectivity index (χ3n) is 4.14. The normalized spacial score (nSPS) is 11.8. The topological polar surface area (TPSA) is 45.2 Å². The summed E-state index contributed by atoms with van der Waals surface area (Å²) in [4.78, 5) is 20.5. The Labute approximate surface area is 148 Å². The fourth-order valence-electron chi connectivity index (χ4n) is 2.56. The molecule has 2 aromatic heterocycles. The summed E-state index contributed by atoms with van der Waals surface area (Å²) in [5.41, 5.74) is 1.99. The van der Waals surface area contributed by atoms with Gasteiger partial charge in [-0.05, 0) is 24.1 Å². The second kappa shape index (κ2) is 8.11. The van der Waals surface area contributed by atoms with E-state index in [-0.39, 0.29) is 5.91 Å². The van der Waals surface area contributed by atoms with Crippen molar-refractivity contribution in [3.05, 3.63) is 41.4 Å². The number of thiophene rings is 1. The number of carbonyl (C=O) groups is 1. The fraction of sp³-hybridized carbons (Fsp3) is 0.368. The Balaban J connectivity index is 2.28. The minimum absolute atomic E-state index is 0.0783. The smallest absolute Gasteiger partial charge is 0.263 e. The number of hydrogen-bond donors (Lipinski definition) is 1. The second-order valence-electron chi connectivity index (χ2n) is 5.94. The monoisotopic (exact) mass is 343 g/mol. The summed E-state index contributed by atoms with van der Waals surface area (Å²) < 4.78 is 0. The van der Waals surface area contributed by atoms with E-state index in [1.807, 2.05) is 37.2 Å². The molecule has 24 heavy (non-hydrogen) atoms. The van der Waals surface area contributed by atoms with Gasteiger partial charge in [-0.3, -0.25) is 4.79 Å². The lowest BCUT2D eigenvalue weighted by atomic mass is 10.1. The number of nitrogens with zero attached hydrogens (tertiary/aromatic N) is 2. The van der Waals surface area contributed by atoms with Crippen LogP contribution in [0.4, 0.5) is 5.82 Å². The minimum atomic E-state index is 0.0783. The zero-order valence-corrected chi connectivity index (χ0v) is 15.6. The van der Waals surface area contributed by atoms with Crippen LogP contribution in [0.15, 0.2) is 31.0 Å². The molecule has 0 saturated heterocycles. The molecular weight excluding hydrogens is 318 g/mol. The molecule has 5 heteroatoms. The zero-order chi connectivity index (χ0) is 17.7. The molecule has 2 heterocycles. The summed E-state index contributed by atoms with van der Waals surface area (Å²) in [5, 5.41) is 3.08. The van der Waals surface area contributed by atoms with Gasteiger partial charge in [-0.15, -0.1) is 11.3 Å². The standard InChI is InChI=1S/C19H25N3OS/c1-6-13(3)12-22(5)19(23)17-9-8-16(24-17)15-10-11-21-18(20-4)14(15)7-2/h7-11,13H,2,6,12H2,1,3-5H3,(H,20,21). The Morgan fingerprint density at radius 2 is 2.21 bits per heavy atom.